The summed E-state index contributed by atoms with van der Waals surface area (Å²) in [5.41, 5.74) is 3.54. The van der Waals surface area contributed by atoms with Crippen LogP contribution in [0.4, 0.5) is 5.69 Å². The van der Waals surface area contributed by atoms with Crippen LogP contribution < -0.4 is 0 Å². The second-order valence-electron chi connectivity index (χ2n) is 4.68. The summed E-state index contributed by atoms with van der Waals surface area (Å²) in [5, 5.41) is 15.4. The molecular formula is C17H11N3O2. The van der Waals surface area contributed by atoms with Gasteiger partial charge in [-0.05, 0) is 28.8 Å². The smallest absolute Gasteiger partial charge is 0.353 e. The molecule has 1 aromatic heterocycles. The van der Waals surface area contributed by atoms with Crippen LogP contribution in [0, 0.1) is 6.57 Å². The minimum absolute atomic E-state index is 0.0199. The quantitative estimate of drug-likeness (QED) is 0.716. The molecule has 0 aliphatic heterocycles. The van der Waals surface area contributed by atoms with E-state index < -0.39 is 5.97 Å². The number of H-pyrrole nitrogens is 1. The predicted octanol–water partition coefficient (Wildman–Crippen LogP) is 3.99. The largest absolute Gasteiger partial charge is 0.477 e. The van der Waals surface area contributed by atoms with Gasteiger partial charge in [0.15, 0.2) is 5.69 Å². The van der Waals surface area contributed by atoms with Crippen molar-refractivity contribution < 1.29 is 9.90 Å². The Hall–Kier alpha value is -3.39. The maximum Gasteiger partial charge on any atom is 0.353 e. The number of benzene rings is 2. The molecule has 0 radical (unpaired) electrons. The van der Waals surface area contributed by atoms with Crippen molar-refractivity contribution in [3.8, 4) is 22.4 Å². The monoisotopic (exact) mass is 289 g/mol. The number of carbonyl (C=O) groups is 1. The van der Waals surface area contributed by atoms with Gasteiger partial charge in [0.05, 0.1) is 12.3 Å². The topological polar surface area (TPSA) is 70.3 Å². The van der Waals surface area contributed by atoms with Crippen LogP contribution in [0.5, 0.6) is 0 Å². The van der Waals surface area contributed by atoms with Gasteiger partial charge < -0.3 is 5.11 Å². The standard InChI is InChI=1S/C17H11N3O2/c1-18-15-9-12(14-10-16(17(21)22)20-19-14)7-8-13(15)11-5-3-2-4-6-11/h2-10H,(H,19,20)(H,21,22). The summed E-state index contributed by atoms with van der Waals surface area (Å²) in [6, 6.07) is 16.5. The molecular weight excluding hydrogens is 278 g/mol. The Morgan fingerprint density at radius 2 is 1.86 bits per heavy atom. The Bertz CT molecular complexity index is 876. The third-order valence-electron chi connectivity index (χ3n) is 3.31. The van der Waals surface area contributed by atoms with Crippen LogP contribution in [0.15, 0.2) is 54.6 Å². The molecule has 3 rings (SSSR count). The highest BCUT2D eigenvalue weighted by atomic mass is 16.4. The molecule has 3 aromatic rings. The summed E-state index contributed by atoms with van der Waals surface area (Å²) in [5.74, 6) is -1.06. The fourth-order valence-corrected chi connectivity index (χ4v) is 2.22. The van der Waals surface area contributed by atoms with Gasteiger partial charge in [0, 0.05) is 0 Å². The third kappa shape index (κ3) is 2.45. The molecule has 0 bridgehead atoms. The maximum absolute atomic E-state index is 10.9. The number of aromatic nitrogens is 2. The number of nitrogens with one attached hydrogen (secondary N) is 1. The number of aromatic carboxylic acids is 1. The number of carboxylic acid groups (broad SMARTS) is 1. The van der Waals surface area contributed by atoms with Crippen LogP contribution in [0.3, 0.4) is 0 Å². The van der Waals surface area contributed by atoms with E-state index in [9.17, 15) is 4.79 Å². The number of rotatable bonds is 3. The van der Waals surface area contributed by atoms with E-state index >= 15 is 0 Å². The van der Waals surface area contributed by atoms with Crippen LogP contribution in [0.1, 0.15) is 10.5 Å². The van der Waals surface area contributed by atoms with Gasteiger partial charge in [0.25, 0.3) is 0 Å². The van der Waals surface area contributed by atoms with Crippen molar-refractivity contribution in [2.45, 2.75) is 0 Å². The van der Waals surface area contributed by atoms with Crippen LogP contribution >= 0.6 is 0 Å². The van der Waals surface area contributed by atoms with E-state index in [1.54, 1.807) is 6.07 Å². The molecule has 0 aliphatic carbocycles. The van der Waals surface area contributed by atoms with Crippen LogP contribution in [0.2, 0.25) is 0 Å². The molecule has 0 saturated heterocycles. The third-order valence-corrected chi connectivity index (χ3v) is 3.31. The van der Waals surface area contributed by atoms with Crippen molar-refractivity contribution in [3.05, 3.63) is 71.7 Å². The van der Waals surface area contributed by atoms with Crippen molar-refractivity contribution in [1.82, 2.24) is 10.2 Å². The normalized spacial score (nSPS) is 10.1. The first-order chi connectivity index (χ1) is 10.7. The zero-order valence-electron chi connectivity index (χ0n) is 11.4. The zero-order chi connectivity index (χ0) is 15.5. The Labute approximate surface area is 126 Å². The summed E-state index contributed by atoms with van der Waals surface area (Å²) in [6.07, 6.45) is 0. The molecule has 0 aliphatic rings. The number of carboxylic acids is 1. The minimum Gasteiger partial charge on any atom is -0.477 e. The summed E-state index contributed by atoms with van der Waals surface area (Å²) in [4.78, 5) is 14.5. The summed E-state index contributed by atoms with van der Waals surface area (Å²) >= 11 is 0. The summed E-state index contributed by atoms with van der Waals surface area (Å²) in [6.45, 7) is 7.37. The summed E-state index contributed by atoms with van der Waals surface area (Å²) in [7, 11) is 0. The van der Waals surface area contributed by atoms with Crippen LogP contribution in [0.25, 0.3) is 27.2 Å². The van der Waals surface area contributed by atoms with E-state index in [-0.39, 0.29) is 5.69 Å². The molecule has 1 heterocycles. The highest BCUT2D eigenvalue weighted by Crippen LogP contribution is 2.34. The van der Waals surface area contributed by atoms with Gasteiger partial charge in [-0.2, -0.15) is 5.10 Å². The van der Waals surface area contributed by atoms with Gasteiger partial charge in [-0.1, -0.05) is 42.5 Å². The van der Waals surface area contributed by atoms with Gasteiger partial charge in [0.2, 0.25) is 0 Å². The predicted molar refractivity (Wildman–Crippen MR) is 82.7 cm³/mol. The summed E-state index contributed by atoms with van der Waals surface area (Å²) < 4.78 is 0. The van der Waals surface area contributed by atoms with E-state index in [0.717, 1.165) is 11.1 Å². The van der Waals surface area contributed by atoms with E-state index in [1.165, 1.54) is 6.07 Å². The SMILES string of the molecule is [C-]#[N+]c1cc(-c2cc(C(=O)O)[nH]n2)ccc1-c1ccccc1. The average molecular weight is 289 g/mol. The van der Waals surface area contributed by atoms with Crippen molar-refractivity contribution in [1.29, 1.82) is 0 Å². The molecule has 0 amide bonds. The van der Waals surface area contributed by atoms with Crippen LogP contribution in [-0.4, -0.2) is 21.3 Å². The number of hydrogen-bond acceptors (Lipinski definition) is 2. The number of nitrogens with zero attached hydrogens (tertiary/aromatic N) is 2. The van der Waals surface area contributed by atoms with Crippen molar-refractivity contribution in [2.24, 2.45) is 0 Å². The second-order valence-corrected chi connectivity index (χ2v) is 4.68. The molecule has 2 N–H and O–H groups in total. The van der Waals surface area contributed by atoms with Gasteiger partial charge in [-0.25, -0.2) is 9.64 Å². The maximum atomic E-state index is 10.9. The fraction of sp³-hybridized carbons (Fsp3) is 0. The molecule has 0 saturated carbocycles. The van der Waals surface area contributed by atoms with E-state index in [0.29, 0.717) is 16.9 Å². The molecule has 0 atom stereocenters. The average Bonchev–Trinajstić information content (AvgIpc) is 3.05. The van der Waals surface area contributed by atoms with Gasteiger partial charge >= 0.3 is 5.97 Å². The van der Waals surface area contributed by atoms with E-state index in [2.05, 4.69) is 15.0 Å². The van der Waals surface area contributed by atoms with E-state index in [1.807, 2.05) is 42.5 Å². The minimum atomic E-state index is -1.06. The molecule has 5 nitrogen and oxygen atoms in total. The van der Waals surface area contributed by atoms with Crippen molar-refractivity contribution in [3.63, 3.8) is 0 Å². The van der Waals surface area contributed by atoms with Crippen molar-refractivity contribution in [2.75, 3.05) is 0 Å². The van der Waals surface area contributed by atoms with Crippen LogP contribution in [-0.2, 0) is 0 Å². The molecule has 0 spiro atoms. The lowest BCUT2D eigenvalue weighted by molar-refractivity contribution is 0.0690. The first-order valence-corrected chi connectivity index (χ1v) is 6.55. The van der Waals surface area contributed by atoms with Gasteiger partial charge in [-0.15, -0.1) is 0 Å². The number of hydrogen-bond donors (Lipinski definition) is 2. The fourth-order valence-electron chi connectivity index (χ4n) is 2.22. The zero-order valence-corrected chi connectivity index (χ0v) is 11.4. The highest BCUT2D eigenvalue weighted by molar-refractivity contribution is 5.88. The molecule has 0 unspecified atom stereocenters. The molecule has 5 heteroatoms. The van der Waals surface area contributed by atoms with Gasteiger partial charge in [0.1, 0.15) is 5.69 Å². The molecule has 2 aromatic carbocycles. The molecule has 0 fully saturated rings. The Morgan fingerprint density at radius 3 is 2.50 bits per heavy atom. The highest BCUT2D eigenvalue weighted by Gasteiger charge is 2.12. The lowest BCUT2D eigenvalue weighted by Crippen LogP contribution is -1.95. The Balaban J connectivity index is 2.05. The first kappa shape index (κ1) is 13.6. The molecule has 106 valence electrons. The van der Waals surface area contributed by atoms with Crippen molar-refractivity contribution >= 4 is 11.7 Å². The second kappa shape index (κ2) is 5.54. The van der Waals surface area contributed by atoms with Gasteiger partial charge in [-0.3, -0.25) is 5.10 Å². The Morgan fingerprint density at radius 1 is 1.09 bits per heavy atom. The lowest BCUT2D eigenvalue weighted by atomic mass is 10.0. The number of aromatic amines is 1. The lowest BCUT2D eigenvalue weighted by Gasteiger charge is -2.06. The molecule has 22 heavy (non-hydrogen) atoms. The Kier molecular flexibility index (Phi) is 3.42. The first-order valence-electron chi connectivity index (χ1n) is 6.55. The van der Waals surface area contributed by atoms with E-state index in [4.69, 9.17) is 11.7 Å².